The molecule has 1 amide bonds. The molecule has 0 spiro atoms. The Morgan fingerprint density at radius 2 is 1.68 bits per heavy atom. The standard InChI is InChI=1S/C26H28N2O3/c1-18-15-22(27-20-9-5-4-6-10-20)21-11-7-8-12-23(21)28(18)26(29)17-19-13-14-24(30-2)25(16-19)31-3/h4-14,16,18,22,27H,15,17H2,1-3H3/t18-,22-/m0/s1. The predicted molar refractivity (Wildman–Crippen MR) is 124 cm³/mol. The zero-order chi connectivity index (χ0) is 21.8. The van der Waals surface area contributed by atoms with E-state index in [9.17, 15) is 4.79 Å². The molecule has 31 heavy (non-hydrogen) atoms. The van der Waals surface area contributed by atoms with Gasteiger partial charge in [0.15, 0.2) is 11.5 Å². The molecule has 5 nitrogen and oxygen atoms in total. The lowest BCUT2D eigenvalue weighted by Gasteiger charge is -2.40. The van der Waals surface area contributed by atoms with E-state index in [-0.39, 0.29) is 18.0 Å². The number of benzene rings is 3. The van der Waals surface area contributed by atoms with E-state index < -0.39 is 0 Å². The van der Waals surface area contributed by atoms with Crippen molar-refractivity contribution in [1.82, 2.24) is 0 Å². The van der Waals surface area contributed by atoms with Gasteiger partial charge in [-0.25, -0.2) is 0 Å². The number of nitrogens with one attached hydrogen (secondary N) is 1. The van der Waals surface area contributed by atoms with Crippen LogP contribution in [0.3, 0.4) is 0 Å². The van der Waals surface area contributed by atoms with Crippen molar-refractivity contribution in [2.45, 2.75) is 31.8 Å². The van der Waals surface area contributed by atoms with Gasteiger partial charge in [0.2, 0.25) is 5.91 Å². The lowest BCUT2D eigenvalue weighted by Crippen LogP contribution is -2.45. The van der Waals surface area contributed by atoms with E-state index in [1.807, 2.05) is 59.5 Å². The van der Waals surface area contributed by atoms with Crippen LogP contribution in [0.25, 0.3) is 0 Å². The minimum Gasteiger partial charge on any atom is -0.493 e. The molecule has 3 aromatic carbocycles. The summed E-state index contributed by atoms with van der Waals surface area (Å²) in [5, 5.41) is 3.64. The molecule has 1 N–H and O–H groups in total. The summed E-state index contributed by atoms with van der Waals surface area (Å²) >= 11 is 0. The summed E-state index contributed by atoms with van der Waals surface area (Å²) in [4.78, 5) is 15.3. The normalized spacial score (nSPS) is 17.6. The number of methoxy groups -OCH3 is 2. The summed E-state index contributed by atoms with van der Waals surface area (Å²) in [6.45, 7) is 2.11. The first-order chi connectivity index (χ1) is 15.1. The van der Waals surface area contributed by atoms with Crippen LogP contribution in [0.15, 0.2) is 72.8 Å². The van der Waals surface area contributed by atoms with Gasteiger partial charge in [0.25, 0.3) is 0 Å². The first-order valence-electron chi connectivity index (χ1n) is 10.5. The maximum atomic E-state index is 13.4. The molecule has 4 rings (SSSR count). The van der Waals surface area contributed by atoms with Crippen LogP contribution in [-0.2, 0) is 11.2 Å². The fourth-order valence-corrected chi connectivity index (χ4v) is 4.32. The van der Waals surface area contributed by atoms with Crippen molar-refractivity contribution in [3.05, 3.63) is 83.9 Å². The molecule has 0 radical (unpaired) electrons. The Labute approximate surface area is 183 Å². The second kappa shape index (κ2) is 9.13. The summed E-state index contributed by atoms with van der Waals surface area (Å²) in [5.41, 5.74) is 4.10. The van der Waals surface area contributed by atoms with Crippen LogP contribution in [0.2, 0.25) is 0 Å². The Hall–Kier alpha value is -3.47. The van der Waals surface area contributed by atoms with Gasteiger partial charge < -0.3 is 19.7 Å². The van der Waals surface area contributed by atoms with Crippen LogP contribution in [0.4, 0.5) is 11.4 Å². The van der Waals surface area contributed by atoms with Crippen LogP contribution < -0.4 is 19.7 Å². The van der Waals surface area contributed by atoms with Crippen molar-refractivity contribution in [3.63, 3.8) is 0 Å². The van der Waals surface area contributed by atoms with Crippen LogP contribution in [0.5, 0.6) is 11.5 Å². The van der Waals surface area contributed by atoms with Crippen molar-refractivity contribution in [2.75, 3.05) is 24.4 Å². The Morgan fingerprint density at radius 3 is 2.42 bits per heavy atom. The smallest absolute Gasteiger partial charge is 0.231 e. The average Bonchev–Trinajstić information content (AvgIpc) is 2.79. The third kappa shape index (κ3) is 4.36. The summed E-state index contributed by atoms with van der Waals surface area (Å²) < 4.78 is 10.7. The van der Waals surface area contributed by atoms with E-state index in [0.29, 0.717) is 17.9 Å². The zero-order valence-corrected chi connectivity index (χ0v) is 18.2. The van der Waals surface area contributed by atoms with Crippen molar-refractivity contribution in [1.29, 1.82) is 0 Å². The minimum absolute atomic E-state index is 0.0729. The number of fused-ring (bicyclic) bond motifs is 1. The van der Waals surface area contributed by atoms with Crippen LogP contribution in [0, 0.1) is 0 Å². The molecule has 1 aliphatic heterocycles. The highest BCUT2D eigenvalue weighted by Gasteiger charge is 2.33. The number of para-hydroxylation sites is 2. The topological polar surface area (TPSA) is 50.8 Å². The molecule has 160 valence electrons. The molecule has 0 aliphatic carbocycles. The Balaban J connectivity index is 1.59. The third-order valence-electron chi connectivity index (χ3n) is 5.78. The molecule has 1 aliphatic rings. The number of hydrogen-bond donors (Lipinski definition) is 1. The number of anilines is 2. The molecule has 3 aromatic rings. The Morgan fingerprint density at radius 1 is 0.968 bits per heavy atom. The van der Waals surface area contributed by atoms with Crippen molar-refractivity contribution < 1.29 is 14.3 Å². The first-order valence-corrected chi connectivity index (χ1v) is 10.5. The monoisotopic (exact) mass is 416 g/mol. The lowest BCUT2D eigenvalue weighted by atomic mass is 9.91. The number of rotatable bonds is 6. The van der Waals surface area contributed by atoms with E-state index in [1.165, 1.54) is 0 Å². The lowest BCUT2D eigenvalue weighted by molar-refractivity contribution is -0.118. The largest absolute Gasteiger partial charge is 0.493 e. The SMILES string of the molecule is COc1ccc(CC(=O)N2c3ccccc3[C@@H](Nc3ccccc3)C[C@@H]2C)cc1OC. The fraction of sp³-hybridized carbons (Fsp3) is 0.269. The molecule has 0 unspecified atom stereocenters. The minimum atomic E-state index is 0.0729. The van der Waals surface area contributed by atoms with E-state index in [4.69, 9.17) is 9.47 Å². The highest BCUT2D eigenvalue weighted by molar-refractivity contribution is 5.96. The molecular weight excluding hydrogens is 388 g/mol. The second-order valence-corrected chi connectivity index (χ2v) is 7.84. The summed E-state index contributed by atoms with van der Waals surface area (Å²) in [6.07, 6.45) is 1.14. The third-order valence-corrected chi connectivity index (χ3v) is 5.78. The highest BCUT2D eigenvalue weighted by atomic mass is 16.5. The van der Waals surface area contributed by atoms with E-state index in [2.05, 4.69) is 30.4 Å². The van der Waals surface area contributed by atoms with Gasteiger partial charge in [0.05, 0.1) is 26.7 Å². The Bertz CT molecular complexity index is 1050. The number of amides is 1. The van der Waals surface area contributed by atoms with Gasteiger partial charge in [-0.3, -0.25) is 4.79 Å². The number of carbonyl (C=O) groups excluding carboxylic acids is 1. The molecule has 1 heterocycles. The van der Waals surface area contributed by atoms with Crippen molar-refractivity contribution in [2.24, 2.45) is 0 Å². The van der Waals surface area contributed by atoms with Crippen molar-refractivity contribution >= 4 is 17.3 Å². The molecule has 5 heteroatoms. The Kier molecular flexibility index (Phi) is 6.12. The van der Waals surface area contributed by atoms with Crippen molar-refractivity contribution in [3.8, 4) is 11.5 Å². The van der Waals surface area contributed by atoms with E-state index in [1.54, 1.807) is 14.2 Å². The van der Waals surface area contributed by atoms with Crippen LogP contribution in [0.1, 0.15) is 30.5 Å². The average molecular weight is 417 g/mol. The summed E-state index contributed by atoms with van der Waals surface area (Å²) in [7, 11) is 3.21. The first kappa shape index (κ1) is 20.8. The number of nitrogens with zero attached hydrogens (tertiary/aromatic N) is 1. The number of ether oxygens (including phenoxy) is 2. The maximum absolute atomic E-state index is 13.4. The van der Waals surface area contributed by atoms with Gasteiger partial charge in [-0.05, 0) is 54.8 Å². The molecule has 0 aromatic heterocycles. The number of hydrogen-bond acceptors (Lipinski definition) is 4. The van der Waals surface area contributed by atoms with Crippen LogP contribution in [-0.4, -0.2) is 26.2 Å². The molecule has 0 fully saturated rings. The molecule has 0 saturated carbocycles. The van der Waals surface area contributed by atoms with Crippen LogP contribution >= 0.6 is 0 Å². The van der Waals surface area contributed by atoms with Gasteiger partial charge >= 0.3 is 0 Å². The summed E-state index contributed by atoms with van der Waals surface area (Å²) in [6, 6.07) is 24.2. The molecule has 0 bridgehead atoms. The van der Waals surface area contributed by atoms with Gasteiger partial charge in [-0.15, -0.1) is 0 Å². The molecular formula is C26H28N2O3. The zero-order valence-electron chi connectivity index (χ0n) is 18.2. The van der Waals surface area contributed by atoms with Gasteiger partial charge in [-0.2, -0.15) is 0 Å². The molecule has 0 saturated heterocycles. The fourth-order valence-electron chi connectivity index (χ4n) is 4.32. The maximum Gasteiger partial charge on any atom is 0.231 e. The summed E-state index contributed by atoms with van der Waals surface area (Å²) in [5.74, 6) is 1.36. The van der Waals surface area contributed by atoms with Gasteiger partial charge in [0.1, 0.15) is 0 Å². The predicted octanol–water partition coefficient (Wildman–Crippen LogP) is 5.22. The number of carbonyl (C=O) groups is 1. The van der Waals surface area contributed by atoms with Gasteiger partial charge in [-0.1, -0.05) is 42.5 Å². The molecule has 2 atom stereocenters. The van der Waals surface area contributed by atoms with E-state index in [0.717, 1.165) is 28.9 Å². The van der Waals surface area contributed by atoms with E-state index >= 15 is 0 Å². The second-order valence-electron chi connectivity index (χ2n) is 7.84. The highest BCUT2D eigenvalue weighted by Crippen LogP contribution is 2.39. The quantitative estimate of drug-likeness (QED) is 0.598. The van der Waals surface area contributed by atoms with Gasteiger partial charge in [0, 0.05) is 17.4 Å².